The molecule has 0 radical (unpaired) electrons. The summed E-state index contributed by atoms with van der Waals surface area (Å²) >= 11 is 0. The topological polar surface area (TPSA) is 128 Å². The van der Waals surface area contributed by atoms with Crippen molar-refractivity contribution in [2.75, 3.05) is 24.4 Å². The van der Waals surface area contributed by atoms with E-state index in [9.17, 15) is 36.3 Å². The Hall–Kier alpha value is -3.94. The Morgan fingerprint density at radius 2 is 1.47 bits per heavy atom. The second-order valence-electron chi connectivity index (χ2n) is 11.3. The van der Waals surface area contributed by atoms with Crippen LogP contribution in [0.15, 0.2) is 72.8 Å². The maximum Gasteiger partial charge on any atom is 0.516 e. The van der Waals surface area contributed by atoms with E-state index in [0.717, 1.165) is 29.7 Å². The van der Waals surface area contributed by atoms with E-state index in [1.807, 2.05) is 62.4 Å². The minimum absolute atomic E-state index is 0.103. The first-order chi connectivity index (χ1) is 22.3. The molecule has 3 rings (SSSR count). The molecule has 0 aliphatic rings. The molecular weight excluding hydrogens is 633 g/mol. The molecule has 2 amide bonds. The van der Waals surface area contributed by atoms with Crippen LogP contribution < -0.4 is 15.4 Å². The average molecular weight is 677 g/mol. The number of aliphatic hydroxyl groups is 1. The minimum atomic E-state index is -5.85. The summed E-state index contributed by atoms with van der Waals surface area (Å²) in [4.78, 5) is 28.6. The Morgan fingerprint density at radius 3 is 2.09 bits per heavy atom. The summed E-state index contributed by atoms with van der Waals surface area (Å²) in [7, 11) is -5.85. The summed E-state index contributed by atoms with van der Waals surface area (Å²) in [5.41, 5.74) is -3.62. The van der Waals surface area contributed by atoms with Gasteiger partial charge >= 0.3 is 15.5 Å². The van der Waals surface area contributed by atoms with E-state index in [1.165, 1.54) is 21.3 Å². The average Bonchev–Trinajstić information content (AvgIpc) is 3.03. The molecule has 13 heteroatoms. The van der Waals surface area contributed by atoms with Gasteiger partial charge in [0.15, 0.2) is 0 Å². The maximum atomic E-state index is 13.7. The first-order valence-corrected chi connectivity index (χ1v) is 17.1. The van der Waals surface area contributed by atoms with Gasteiger partial charge in [0.05, 0.1) is 17.8 Å². The van der Waals surface area contributed by atoms with Crippen molar-refractivity contribution in [1.29, 1.82) is 0 Å². The fourth-order valence-corrected chi connectivity index (χ4v) is 5.60. The van der Waals surface area contributed by atoms with E-state index < -0.39 is 45.2 Å². The van der Waals surface area contributed by atoms with Crippen LogP contribution in [0.4, 0.5) is 18.9 Å². The quantitative estimate of drug-likeness (QED) is 0.155. The Labute approximate surface area is 274 Å². The van der Waals surface area contributed by atoms with Gasteiger partial charge in [-0.2, -0.15) is 21.6 Å². The molecule has 0 spiro atoms. The number of hydrogen-bond acceptors (Lipinski definition) is 6. The third-order valence-electron chi connectivity index (χ3n) is 7.43. The molecule has 4 N–H and O–H groups in total. The van der Waals surface area contributed by atoms with Crippen LogP contribution in [0, 0.1) is 0 Å². The predicted molar refractivity (Wildman–Crippen MR) is 176 cm³/mol. The minimum Gasteiger partial charge on any atom is -0.390 e. The van der Waals surface area contributed by atoms with E-state index >= 15 is 0 Å². The molecule has 256 valence electrons. The number of sulfonamides is 1. The molecule has 0 aromatic heterocycles. The van der Waals surface area contributed by atoms with Gasteiger partial charge in [-0.3, -0.25) is 14.3 Å². The van der Waals surface area contributed by atoms with Crippen LogP contribution in [0.1, 0.15) is 71.0 Å². The molecule has 9 nitrogen and oxygen atoms in total. The molecule has 0 aliphatic heterocycles. The number of rotatable bonds is 17. The Bertz CT molecular complexity index is 1580. The van der Waals surface area contributed by atoms with Crippen LogP contribution in [-0.4, -0.2) is 67.5 Å². The lowest BCUT2D eigenvalue weighted by Crippen LogP contribution is -2.48. The second kappa shape index (κ2) is 17.3. The number of aliphatic hydroxyl groups excluding tert-OH is 1. The van der Waals surface area contributed by atoms with E-state index in [0.29, 0.717) is 32.5 Å². The summed E-state index contributed by atoms with van der Waals surface area (Å²) in [5, 5.41) is 17.2. The summed E-state index contributed by atoms with van der Waals surface area (Å²) < 4.78 is 65.1. The number of carbonyl (C=O) groups is 2. The SMILES string of the molecule is CCCN(CCC)C(=O)c1cc(NS(=O)(=O)C(F)(F)F)cc(C(=O)N[C@@H](Cc2ccccc2)[C@H](O)CNCc2cccc(CC)c2)c1. The van der Waals surface area contributed by atoms with Crippen molar-refractivity contribution < 1.29 is 36.3 Å². The molecule has 0 unspecified atom stereocenters. The van der Waals surface area contributed by atoms with Crippen molar-refractivity contribution in [3.63, 3.8) is 0 Å². The van der Waals surface area contributed by atoms with Crippen molar-refractivity contribution in [2.45, 2.75) is 70.7 Å². The number of benzene rings is 3. The van der Waals surface area contributed by atoms with E-state index in [-0.39, 0.29) is 24.1 Å². The molecule has 0 aliphatic carbocycles. The lowest BCUT2D eigenvalue weighted by atomic mass is 10.00. The monoisotopic (exact) mass is 676 g/mol. The molecular formula is C34H43F3N4O5S. The van der Waals surface area contributed by atoms with Gasteiger partial charge in [-0.25, -0.2) is 0 Å². The number of alkyl halides is 3. The van der Waals surface area contributed by atoms with Crippen molar-refractivity contribution in [1.82, 2.24) is 15.5 Å². The van der Waals surface area contributed by atoms with Gasteiger partial charge in [0.2, 0.25) is 0 Å². The lowest BCUT2D eigenvalue weighted by molar-refractivity contribution is -0.0429. The number of nitrogens with zero attached hydrogens (tertiary/aromatic N) is 1. The van der Waals surface area contributed by atoms with Gasteiger partial charge < -0.3 is 20.6 Å². The van der Waals surface area contributed by atoms with Crippen LogP contribution in [0.3, 0.4) is 0 Å². The molecule has 47 heavy (non-hydrogen) atoms. The summed E-state index contributed by atoms with van der Waals surface area (Å²) in [6, 6.07) is 19.4. The molecule has 0 saturated heterocycles. The Balaban J connectivity index is 1.92. The Morgan fingerprint density at radius 1 is 0.851 bits per heavy atom. The third-order valence-corrected chi connectivity index (χ3v) is 8.55. The van der Waals surface area contributed by atoms with Crippen LogP contribution >= 0.6 is 0 Å². The zero-order chi connectivity index (χ0) is 34.6. The van der Waals surface area contributed by atoms with Gasteiger partial charge in [-0.15, -0.1) is 0 Å². The molecule has 0 fully saturated rings. The molecule has 0 bridgehead atoms. The molecule has 0 heterocycles. The number of carbonyl (C=O) groups excluding carboxylic acids is 2. The highest BCUT2D eigenvalue weighted by Gasteiger charge is 2.46. The first kappa shape index (κ1) is 37.5. The van der Waals surface area contributed by atoms with E-state index in [1.54, 1.807) is 0 Å². The van der Waals surface area contributed by atoms with E-state index in [2.05, 4.69) is 23.6 Å². The highest BCUT2D eigenvalue weighted by atomic mass is 32.2. The molecule has 0 saturated carbocycles. The van der Waals surface area contributed by atoms with Gasteiger partial charge in [-0.05, 0) is 60.6 Å². The molecule has 3 aromatic carbocycles. The number of anilines is 1. The molecule has 3 aromatic rings. The van der Waals surface area contributed by atoms with Crippen molar-refractivity contribution in [3.05, 3.63) is 101 Å². The second-order valence-corrected chi connectivity index (χ2v) is 13.0. The highest BCUT2D eigenvalue weighted by molar-refractivity contribution is 7.93. The normalized spacial score (nSPS) is 13.1. The van der Waals surface area contributed by atoms with E-state index in [4.69, 9.17) is 0 Å². The number of halogens is 3. The van der Waals surface area contributed by atoms with Gasteiger partial charge in [0.1, 0.15) is 0 Å². The summed E-state index contributed by atoms with van der Waals surface area (Å²) in [5.74, 6) is -1.37. The smallest absolute Gasteiger partial charge is 0.390 e. The lowest BCUT2D eigenvalue weighted by Gasteiger charge is -2.26. The zero-order valence-electron chi connectivity index (χ0n) is 26.8. The third kappa shape index (κ3) is 11.1. The largest absolute Gasteiger partial charge is 0.516 e. The standard InChI is InChI=1S/C34H43F3N4O5S/c1-4-15-41(16-5-2)33(44)28-19-27(20-29(21-28)40-47(45,46)34(35,36)37)32(43)39-30(18-25-11-8-7-9-12-25)31(42)23-38-22-26-14-10-13-24(6-3)17-26/h7-14,17,19-21,30-31,38,40,42H,4-6,15-16,18,22-23H2,1-3H3,(H,39,43)/t30-,31+/m0/s1. The Kier molecular flexibility index (Phi) is 13.8. The molecule has 2 atom stereocenters. The van der Waals surface area contributed by atoms with Crippen molar-refractivity contribution in [2.24, 2.45) is 0 Å². The number of amides is 2. The van der Waals surface area contributed by atoms with Gasteiger partial charge in [0, 0.05) is 37.3 Å². The van der Waals surface area contributed by atoms with Crippen LogP contribution in [-0.2, 0) is 29.4 Å². The number of aryl methyl sites for hydroxylation is 1. The van der Waals surface area contributed by atoms with Gasteiger partial charge in [0.25, 0.3) is 11.8 Å². The first-order valence-electron chi connectivity index (χ1n) is 15.6. The highest BCUT2D eigenvalue weighted by Crippen LogP contribution is 2.27. The predicted octanol–water partition coefficient (Wildman–Crippen LogP) is 5.26. The number of hydrogen-bond donors (Lipinski definition) is 4. The van der Waals surface area contributed by atoms with Gasteiger partial charge in [-0.1, -0.05) is 75.4 Å². The maximum absolute atomic E-state index is 13.7. The zero-order valence-corrected chi connectivity index (χ0v) is 27.6. The number of nitrogens with one attached hydrogen (secondary N) is 3. The van der Waals surface area contributed by atoms with Crippen molar-refractivity contribution in [3.8, 4) is 0 Å². The van der Waals surface area contributed by atoms with Crippen molar-refractivity contribution >= 4 is 27.5 Å². The van der Waals surface area contributed by atoms with Crippen LogP contribution in [0.5, 0.6) is 0 Å². The summed E-state index contributed by atoms with van der Waals surface area (Å²) in [6.45, 7) is 7.05. The fourth-order valence-electron chi connectivity index (χ4n) is 5.06. The van der Waals surface area contributed by atoms with Crippen LogP contribution in [0.25, 0.3) is 0 Å². The fraction of sp³-hybridized carbons (Fsp3) is 0.412. The van der Waals surface area contributed by atoms with Crippen LogP contribution in [0.2, 0.25) is 0 Å². The summed E-state index contributed by atoms with van der Waals surface area (Å²) in [6.07, 6.45) is 1.22.